The molecule has 9 aromatic rings. The Hall–Kier alpha value is -7.12. The van der Waals surface area contributed by atoms with E-state index < -0.39 is 130 Å². The number of benzene rings is 9. The van der Waals surface area contributed by atoms with Crippen LogP contribution < -0.4 is 21.4 Å². The molecule has 655 valence electrons. The zero-order valence-corrected chi connectivity index (χ0v) is 70.3. The first-order valence-electron chi connectivity index (χ1n) is 30.0. The molecule has 8 N–H and O–H groups in total. The Morgan fingerprint density at radius 2 is 0.754 bits per heavy atom. The van der Waals surface area contributed by atoms with Gasteiger partial charge in [0.15, 0.2) is 10.5 Å². The molecule has 0 aliphatic carbocycles. The quantitative estimate of drug-likeness (QED) is 0.0217. The number of diazo groups is 1. The van der Waals surface area contributed by atoms with Crippen molar-refractivity contribution in [2.75, 3.05) is 5.73 Å². The molecule has 9 rings (SSSR count). The molecule has 0 bridgehead atoms. The van der Waals surface area contributed by atoms with E-state index in [9.17, 15) is 112 Å². The van der Waals surface area contributed by atoms with E-state index in [1.807, 2.05) is 32.0 Å². The molecule has 0 aromatic heterocycles. The van der Waals surface area contributed by atoms with Crippen LogP contribution in [-0.2, 0) is 48.4 Å². The van der Waals surface area contributed by atoms with Crippen LogP contribution in [0.15, 0.2) is 177 Å². The van der Waals surface area contributed by atoms with Crippen molar-refractivity contribution < 1.29 is 148 Å². The van der Waals surface area contributed by atoms with Gasteiger partial charge in [0.05, 0.1) is 31.6 Å². The fraction of sp³-hybridized carbons (Fsp3) is 0.217. The molecule has 0 heterocycles. The summed E-state index contributed by atoms with van der Waals surface area (Å²) in [6.45, 7) is 11.5. The number of hydrogen-bond acceptors (Lipinski definition) is 12. The van der Waals surface area contributed by atoms with Crippen LogP contribution in [-0.4, -0.2) is 61.9 Å². The maximum atomic E-state index is 12.4. The third-order valence-corrected chi connectivity index (χ3v) is 15.8. The van der Waals surface area contributed by atoms with Crippen LogP contribution in [0, 0.1) is 74.1 Å². The second kappa shape index (κ2) is 55.0. The van der Waals surface area contributed by atoms with Crippen LogP contribution >= 0.6 is 111 Å². The van der Waals surface area contributed by atoms with Gasteiger partial charge < -0.3 is 40.7 Å². The molecule has 0 saturated carbocycles. The number of rotatable bonds is 4. The Kier molecular flexibility index (Phi) is 55.7. The van der Waals surface area contributed by atoms with E-state index in [1.54, 1.807) is 56.3 Å². The van der Waals surface area contributed by atoms with E-state index in [0.717, 1.165) is 79.7 Å². The number of nitrogens with two attached hydrogens (primary N) is 1. The van der Waals surface area contributed by atoms with Crippen molar-refractivity contribution in [3.63, 3.8) is 0 Å². The molecular weight excluding hydrogens is 2080 g/mol. The van der Waals surface area contributed by atoms with Gasteiger partial charge in [0, 0.05) is 47.3 Å². The third kappa shape index (κ3) is 47.2. The number of aromatic hydroxyl groups is 2. The van der Waals surface area contributed by atoms with Gasteiger partial charge >= 0.3 is 104 Å². The summed E-state index contributed by atoms with van der Waals surface area (Å²) < 4.78 is 251. The van der Waals surface area contributed by atoms with Crippen LogP contribution in [0.25, 0.3) is 4.98 Å². The smallest absolute Gasteiger partial charge is 1.00 e. The van der Waals surface area contributed by atoms with E-state index in [0.29, 0.717) is 55.5 Å². The number of anilines is 1. The van der Waals surface area contributed by atoms with Crippen LogP contribution in [0.1, 0.15) is 87.2 Å². The third-order valence-electron chi connectivity index (χ3n) is 13.0. The average molecular weight is 2140 g/mol. The molecule has 9 aromatic carbocycles. The topological polar surface area (TPSA) is 262 Å². The van der Waals surface area contributed by atoms with Crippen LogP contribution in [0.5, 0.6) is 11.5 Å². The molecule has 0 fully saturated rings. The van der Waals surface area contributed by atoms with E-state index in [4.69, 9.17) is 76.2 Å². The van der Waals surface area contributed by atoms with Crippen molar-refractivity contribution in [3.05, 3.63) is 290 Å². The maximum absolute atomic E-state index is 12.4. The zero-order chi connectivity index (χ0) is 90.0. The van der Waals surface area contributed by atoms with Gasteiger partial charge in [-0.15, -0.1) is 0 Å². The Labute approximate surface area is 721 Å². The molecular formula is C69H64B3Br5Cl3CuF22N5O10. The van der Waals surface area contributed by atoms with Gasteiger partial charge in [0.1, 0.15) is 22.6 Å². The minimum Gasteiger partial charge on any atom is -1.00 e. The predicted molar refractivity (Wildman–Crippen MR) is 425 cm³/mol. The normalized spacial score (nSPS) is 10.5. The molecule has 0 amide bonds. The number of hydrogen-bond donors (Lipinski definition) is 7. The van der Waals surface area contributed by atoms with Crippen molar-refractivity contribution in [2.45, 2.75) is 100 Å². The summed E-state index contributed by atoms with van der Waals surface area (Å²) in [4.78, 5) is 20.9. The second-order valence-corrected chi connectivity index (χ2v) is 30.7. The minimum absolute atomic E-state index is 0. The summed E-state index contributed by atoms with van der Waals surface area (Å²) in [7, 11) is -7.21. The Balaban J connectivity index is -0.000000401. The zero-order valence-electron chi connectivity index (χ0n) is 59.1. The van der Waals surface area contributed by atoms with Gasteiger partial charge in [-0.2, -0.15) is 79.0 Å². The summed E-state index contributed by atoms with van der Waals surface area (Å²) in [5, 5.41) is 83.1. The molecule has 0 radical (unpaired) electrons. The number of nitrogen functional groups attached to an aromatic ring is 1. The van der Waals surface area contributed by atoms with Gasteiger partial charge in [-0.1, -0.05) is 174 Å². The molecule has 0 spiro atoms. The van der Waals surface area contributed by atoms with Crippen LogP contribution in [0.2, 0.25) is 15.1 Å². The molecule has 0 unspecified atom stereocenters. The molecule has 49 heteroatoms. The molecule has 0 aliphatic rings. The number of halogens is 30. The maximum Gasteiger partial charge on any atom is -1.00 e. The Morgan fingerprint density at radius 3 is 1.09 bits per heavy atom. The van der Waals surface area contributed by atoms with Crippen molar-refractivity contribution in [1.82, 2.24) is 0 Å². The second-order valence-electron chi connectivity index (χ2n) is 22.0. The number of nitro groups is 2. The summed E-state index contributed by atoms with van der Waals surface area (Å²) in [5.41, 5.74) is 0.816. The monoisotopic (exact) mass is 2140 g/mol. The van der Waals surface area contributed by atoms with Crippen LogP contribution in [0.3, 0.4) is 0 Å². The number of alkyl halides is 18. The number of nitrogens with zero attached hydrogens (tertiary/aromatic N) is 4. The number of aryl methyl sites for hydroxylation is 7. The number of phenols is 2. The summed E-state index contributed by atoms with van der Waals surface area (Å²) >= 11 is 33.8. The molecule has 0 atom stereocenters. The molecule has 15 nitrogen and oxygen atoms in total. The first-order chi connectivity index (χ1) is 52.4. The fourth-order valence-corrected chi connectivity index (χ4v) is 9.65. The minimum atomic E-state index is -4.85. The van der Waals surface area contributed by atoms with Gasteiger partial charge in [-0.25, -0.2) is 0 Å². The Bertz CT molecular complexity index is 4480. The summed E-state index contributed by atoms with van der Waals surface area (Å²) in [6.07, 6.45) is -27.2. The summed E-state index contributed by atoms with van der Waals surface area (Å²) in [5.74, 6) is -0.553. The van der Waals surface area contributed by atoms with E-state index >= 15 is 0 Å². The van der Waals surface area contributed by atoms with Crippen molar-refractivity contribution >= 4 is 166 Å². The van der Waals surface area contributed by atoms with Gasteiger partial charge in [-0.3, -0.25) is 33.2 Å². The average Bonchev–Trinajstić information content (AvgIpc) is 0.759. The Morgan fingerprint density at radius 1 is 0.432 bits per heavy atom. The number of phenolic OH excluding ortho intramolecular Hbond substituents is 2. The predicted octanol–water partition coefficient (Wildman–Crippen LogP) is 23.2. The fourth-order valence-electron chi connectivity index (χ4n) is 7.64. The van der Waals surface area contributed by atoms with E-state index in [1.165, 1.54) is 68.5 Å². The first kappa shape index (κ1) is 119. The largest absolute Gasteiger partial charge is 1.00 e. The van der Waals surface area contributed by atoms with Gasteiger partial charge in [0.25, 0.3) is 11.4 Å². The molecule has 0 saturated heterocycles. The standard InChI is InChI=1S/C8H8BF3O2.C8H6BrF3.C8H6F3N2.C8H6F3NO2.C8H8F3N.C7H8BClO2.C7H6BrCl.C7H4F3NO3.C6H4BrClO.2CH4.BF3.2BrH.Cu.FH/c1-5-2-3-7(9(13)14)6(4-5)8(10,11)12;1-5-2-3-7(9)6(4-5)8(10,11)12;1-5-2-3-7(13-12)6(4-5)8(9,10)11;1-5-2-3-7(12(13)14)6(4-5)8(9,10)11;1-5-2-3-7(12)6(4-5)8(9,10)11;1-5-2-3-6(8(10)11)4-7(5)9;1-5-2-3-6(8)4-7(5)9;8-7(9,10)5-3-4(12)1-2-6(5)11(13)14;7-4-1-2-6(9)5(8)3-4;;;2-1(3)4;;;;/h2-4,13-14H,1H3;2-4H,1H3;2-4H,1H3;2-4H,1H3;2-4H,12H2,1H3;2-4,10-11H,1H3;2-4H,1H3;1-3,12H;1-3,9H;2*1H4;;2*1H;;1H/q;;+1;;;;;;;;;;;;+2;/p-3. The van der Waals surface area contributed by atoms with E-state index in [-0.39, 0.29) is 35.5 Å². The van der Waals surface area contributed by atoms with Crippen molar-refractivity contribution in [3.8, 4) is 11.5 Å². The molecule has 0 aliphatic heterocycles. The number of nitro benzene ring substituents is 2. The van der Waals surface area contributed by atoms with Crippen molar-refractivity contribution in [1.29, 1.82) is 5.39 Å². The van der Waals surface area contributed by atoms with E-state index in [2.05, 4.69) is 81.0 Å². The molecule has 118 heavy (non-hydrogen) atoms. The van der Waals surface area contributed by atoms with Gasteiger partial charge in [0.2, 0.25) is 5.39 Å². The van der Waals surface area contributed by atoms with Gasteiger partial charge in [-0.05, 0) is 167 Å². The first-order valence-corrected chi connectivity index (χ1v) is 38.2. The SMILES string of the molecule is C.C.Cc1ccc(B(O)O)c(C(F)(F)F)c1.Cc1ccc(B(O)O)cc1Cl.Cc1ccc(Br)c(C(F)(F)F)c1.Cc1ccc(Br)cc1Cl.Cc1ccc(N)c(C(F)(F)F)c1.Cc1ccc([N+]#N)c(C(F)(F)F)c1.Cc1ccc([N+](=O)[O-])c(C(F)(F)F)c1.FB(F)F.O=[N+]([O-])c1ccc(O)cc1C(F)(F)F.Oc1ccc(Br)cc1Cl.[Br][Cu][Br].[F-]. The van der Waals surface area contributed by atoms with Crippen LogP contribution in [0.4, 0.5) is 115 Å². The van der Waals surface area contributed by atoms with Crippen molar-refractivity contribution in [2.24, 2.45) is 0 Å². The summed E-state index contributed by atoms with van der Waals surface area (Å²) in [6, 6.07) is 35.1.